The highest BCUT2D eigenvalue weighted by molar-refractivity contribution is 6.15. The molecule has 1 fully saturated rings. The summed E-state index contributed by atoms with van der Waals surface area (Å²) in [6.45, 7) is 6.37. The summed E-state index contributed by atoms with van der Waals surface area (Å²) in [5, 5.41) is 0. The van der Waals surface area contributed by atoms with Crippen LogP contribution in [0.15, 0.2) is 11.6 Å². The van der Waals surface area contributed by atoms with Crippen molar-refractivity contribution in [3.05, 3.63) is 11.6 Å². The average Bonchev–Trinajstić information content (AvgIpc) is 2.97. The van der Waals surface area contributed by atoms with Crippen LogP contribution in [0.2, 0.25) is 0 Å². The first-order valence-corrected chi connectivity index (χ1v) is 6.26. The van der Waals surface area contributed by atoms with Gasteiger partial charge >= 0.3 is 0 Å². The van der Waals surface area contributed by atoms with E-state index in [1.807, 2.05) is 0 Å². The highest BCUT2D eigenvalue weighted by Crippen LogP contribution is 2.44. The number of rotatable bonds is 5. The van der Waals surface area contributed by atoms with E-state index < -0.39 is 0 Å². The zero-order valence-electron chi connectivity index (χ0n) is 10.7. The van der Waals surface area contributed by atoms with Gasteiger partial charge < -0.3 is 4.74 Å². The molecule has 0 aromatic rings. The summed E-state index contributed by atoms with van der Waals surface area (Å²) in [4.78, 5) is 24.5. The van der Waals surface area contributed by atoms with Crippen molar-refractivity contribution < 1.29 is 14.3 Å². The van der Waals surface area contributed by atoms with Crippen LogP contribution in [-0.4, -0.2) is 35.0 Å². The fourth-order valence-corrected chi connectivity index (χ4v) is 2.54. The van der Waals surface area contributed by atoms with Crippen molar-refractivity contribution in [3.8, 4) is 0 Å². The van der Waals surface area contributed by atoms with Crippen molar-refractivity contribution in [2.45, 2.75) is 51.7 Å². The SMILES string of the molecule is CCC1(CC)OC1CCN1C(=O)C=C(C)C1=O. The van der Waals surface area contributed by atoms with E-state index in [0.717, 1.165) is 19.3 Å². The Labute approximate surface area is 102 Å². The Bertz CT molecular complexity index is 382. The molecule has 0 radical (unpaired) electrons. The van der Waals surface area contributed by atoms with Crippen molar-refractivity contribution >= 4 is 11.8 Å². The van der Waals surface area contributed by atoms with Crippen LogP contribution < -0.4 is 0 Å². The average molecular weight is 237 g/mol. The molecule has 0 aromatic heterocycles. The molecule has 2 heterocycles. The molecule has 1 saturated heterocycles. The van der Waals surface area contributed by atoms with Gasteiger partial charge in [-0.1, -0.05) is 13.8 Å². The maximum absolute atomic E-state index is 11.6. The Morgan fingerprint density at radius 2 is 2.00 bits per heavy atom. The molecular formula is C13H19NO3. The van der Waals surface area contributed by atoms with E-state index in [-0.39, 0.29) is 23.5 Å². The molecule has 0 aromatic carbocycles. The van der Waals surface area contributed by atoms with Gasteiger partial charge in [-0.3, -0.25) is 14.5 Å². The molecule has 0 aliphatic carbocycles. The summed E-state index contributed by atoms with van der Waals surface area (Å²) in [5.41, 5.74) is 0.540. The molecule has 4 nitrogen and oxygen atoms in total. The van der Waals surface area contributed by atoms with Gasteiger partial charge in [0.2, 0.25) is 0 Å². The summed E-state index contributed by atoms with van der Waals surface area (Å²) >= 11 is 0. The van der Waals surface area contributed by atoms with Crippen LogP contribution in [-0.2, 0) is 14.3 Å². The van der Waals surface area contributed by atoms with Crippen molar-refractivity contribution in [2.24, 2.45) is 0 Å². The van der Waals surface area contributed by atoms with Gasteiger partial charge in [-0.25, -0.2) is 0 Å². The fourth-order valence-electron chi connectivity index (χ4n) is 2.54. The number of ether oxygens (including phenoxy) is 1. The minimum atomic E-state index is -0.188. The van der Waals surface area contributed by atoms with E-state index >= 15 is 0 Å². The van der Waals surface area contributed by atoms with Gasteiger partial charge in [0.15, 0.2) is 0 Å². The zero-order valence-corrected chi connectivity index (χ0v) is 10.7. The number of carbonyl (C=O) groups excluding carboxylic acids is 2. The Kier molecular flexibility index (Phi) is 3.08. The monoisotopic (exact) mass is 237 g/mol. The van der Waals surface area contributed by atoms with Crippen LogP contribution in [0.1, 0.15) is 40.0 Å². The van der Waals surface area contributed by atoms with Crippen LogP contribution in [0.25, 0.3) is 0 Å². The number of imide groups is 1. The van der Waals surface area contributed by atoms with Crippen molar-refractivity contribution in [1.82, 2.24) is 4.90 Å². The molecule has 0 N–H and O–H groups in total. The van der Waals surface area contributed by atoms with E-state index in [0.29, 0.717) is 12.1 Å². The van der Waals surface area contributed by atoms with Crippen LogP contribution >= 0.6 is 0 Å². The van der Waals surface area contributed by atoms with E-state index in [2.05, 4.69) is 13.8 Å². The van der Waals surface area contributed by atoms with E-state index in [1.165, 1.54) is 11.0 Å². The lowest BCUT2D eigenvalue weighted by Gasteiger charge is -2.14. The normalized spacial score (nSPS) is 26.4. The number of hydrogen-bond donors (Lipinski definition) is 0. The minimum absolute atomic E-state index is 0.00823. The largest absolute Gasteiger partial charge is 0.366 e. The molecule has 0 spiro atoms. The second-order valence-electron chi connectivity index (χ2n) is 4.79. The molecule has 1 atom stereocenters. The fraction of sp³-hybridized carbons (Fsp3) is 0.692. The molecule has 94 valence electrons. The predicted molar refractivity (Wildman–Crippen MR) is 63.3 cm³/mol. The summed E-state index contributed by atoms with van der Waals surface area (Å²) in [7, 11) is 0. The molecule has 2 aliphatic rings. The number of hydrogen-bond acceptors (Lipinski definition) is 3. The number of amides is 2. The third-order valence-electron chi connectivity index (χ3n) is 3.91. The van der Waals surface area contributed by atoms with E-state index in [4.69, 9.17) is 4.74 Å². The van der Waals surface area contributed by atoms with E-state index in [1.54, 1.807) is 6.92 Å². The third-order valence-corrected chi connectivity index (χ3v) is 3.91. The quantitative estimate of drug-likeness (QED) is 0.539. The minimum Gasteiger partial charge on any atom is -0.366 e. The number of nitrogens with zero attached hydrogens (tertiary/aromatic N) is 1. The second kappa shape index (κ2) is 4.26. The van der Waals surface area contributed by atoms with Gasteiger partial charge in [-0.2, -0.15) is 0 Å². The standard InChI is InChI=1S/C13H19NO3/c1-4-13(5-2)10(17-13)6-7-14-11(15)8-9(3)12(14)16/h8,10H,4-7H2,1-3H3. The summed E-state index contributed by atoms with van der Waals surface area (Å²) in [6, 6.07) is 0. The van der Waals surface area contributed by atoms with Crippen LogP contribution in [0.3, 0.4) is 0 Å². The Hall–Kier alpha value is -1.16. The maximum Gasteiger partial charge on any atom is 0.256 e. The molecule has 0 bridgehead atoms. The second-order valence-corrected chi connectivity index (χ2v) is 4.79. The zero-order chi connectivity index (χ0) is 12.6. The molecule has 2 amide bonds. The predicted octanol–water partition coefficient (Wildman–Crippen LogP) is 1.65. The number of epoxide rings is 1. The number of carbonyl (C=O) groups is 2. The summed E-state index contributed by atoms with van der Waals surface area (Å²) in [6.07, 6.45) is 4.35. The van der Waals surface area contributed by atoms with Gasteiger partial charge in [-0.15, -0.1) is 0 Å². The van der Waals surface area contributed by atoms with E-state index in [9.17, 15) is 9.59 Å². The molecule has 4 heteroatoms. The van der Waals surface area contributed by atoms with Crippen LogP contribution in [0.4, 0.5) is 0 Å². The summed E-state index contributed by atoms with van der Waals surface area (Å²) < 4.78 is 5.69. The Balaban J connectivity index is 1.85. The first-order chi connectivity index (χ1) is 8.04. The third kappa shape index (κ3) is 2.02. The lowest BCUT2D eigenvalue weighted by molar-refractivity contribution is -0.137. The van der Waals surface area contributed by atoms with Crippen molar-refractivity contribution in [1.29, 1.82) is 0 Å². The molecule has 0 saturated carbocycles. The molecule has 17 heavy (non-hydrogen) atoms. The highest BCUT2D eigenvalue weighted by Gasteiger charge is 2.53. The topological polar surface area (TPSA) is 49.9 Å². The lowest BCUT2D eigenvalue weighted by Crippen LogP contribution is -2.33. The van der Waals surface area contributed by atoms with Crippen LogP contribution in [0.5, 0.6) is 0 Å². The lowest BCUT2D eigenvalue weighted by atomic mass is 9.97. The van der Waals surface area contributed by atoms with Gasteiger partial charge in [-0.05, 0) is 26.2 Å². The van der Waals surface area contributed by atoms with Gasteiger partial charge in [0.05, 0.1) is 11.7 Å². The van der Waals surface area contributed by atoms with Crippen molar-refractivity contribution in [3.63, 3.8) is 0 Å². The molecule has 1 unspecified atom stereocenters. The van der Waals surface area contributed by atoms with Crippen molar-refractivity contribution in [2.75, 3.05) is 6.54 Å². The molecule has 2 rings (SSSR count). The van der Waals surface area contributed by atoms with Gasteiger partial charge in [0.1, 0.15) is 0 Å². The van der Waals surface area contributed by atoms with Gasteiger partial charge in [0, 0.05) is 18.2 Å². The Morgan fingerprint density at radius 1 is 1.35 bits per heavy atom. The first-order valence-electron chi connectivity index (χ1n) is 6.26. The smallest absolute Gasteiger partial charge is 0.256 e. The summed E-state index contributed by atoms with van der Waals surface area (Å²) in [5.74, 6) is -0.346. The first kappa shape index (κ1) is 12.3. The Morgan fingerprint density at radius 3 is 2.41 bits per heavy atom. The molecule has 2 aliphatic heterocycles. The molecular weight excluding hydrogens is 218 g/mol. The highest BCUT2D eigenvalue weighted by atomic mass is 16.6. The van der Waals surface area contributed by atoms with Gasteiger partial charge in [0.25, 0.3) is 11.8 Å². The van der Waals surface area contributed by atoms with Crippen LogP contribution in [0, 0.1) is 0 Å². The maximum atomic E-state index is 11.6.